The number of rotatable bonds is 10. The zero-order chi connectivity index (χ0) is 18.8. The first-order valence-corrected chi connectivity index (χ1v) is 10.5. The highest BCUT2D eigenvalue weighted by atomic mass is 35.5. The Morgan fingerprint density at radius 2 is 1.85 bits per heavy atom. The van der Waals surface area contributed by atoms with E-state index in [-0.39, 0.29) is 5.91 Å². The second kappa shape index (κ2) is 11.4. The molecule has 0 aromatic heterocycles. The predicted octanol–water partition coefficient (Wildman–Crippen LogP) is 5.37. The summed E-state index contributed by atoms with van der Waals surface area (Å²) >= 11 is 13.8. The molecule has 0 heterocycles. The van der Waals surface area contributed by atoms with Crippen molar-refractivity contribution in [1.82, 2.24) is 5.32 Å². The molecule has 0 aliphatic rings. The van der Waals surface area contributed by atoms with E-state index in [2.05, 4.69) is 11.4 Å². The van der Waals surface area contributed by atoms with Gasteiger partial charge in [0.1, 0.15) is 5.75 Å². The topological polar surface area (TPSA) is 38.3 Å². The van der Waals surface area contributed by atoms with Crippen LogP contribution in [0.4, 0.5) is 0 Å². The maximum absolute atomic E-state index is 12.0. The van der Waals surface area contributed by atoms with Crippen molar-refractivity contribution >= 4 is 40.9 Å². The van der Waals surface area contributed by atoms with E-state index in [1.165, 1.54) is 17.3 Å². The number of carbonyl (C=O) groups is 1. The Bertz CT molecular complexity index is 704. The van der Waals surface area contributed by atoms with E-state index < -0.39 is 0 Å². The van der Waals surface area contributed by atoms with Crippen LogP contribution in [0, 0.1) is 0 Å². The van der Waals surface area contributed by atoms with Crippen LogP contribution in [0.15, 0.2) is 42.5 Å². The van der Waals surface area contributed by atoms with Crippen molar-refractivity contribution < 1.29 is 9.53 Å². The quantitative estimate of drug-likeness (QED) is 0.533. The SMILES string of the molecule is CCOc1ccccc1CCCNC(=O)CSCc1c(Cl)cccc1Cl. The Morgan fingerprint density at radius 1 is 1.12 bits per heavy atom. The van der Waals surface area contributed by atoms with Crippen molar-refractivity contribution in [3.8, 4) is 5.75 Å². The van der Waals surface area contributed by atoms with E-state index in [1.807, 2.05) is 43.3 Å². The van der Waals surface area contributed by atoms with Gasteiger partial charge in [-0.25, -0.2) is 0 Å². The molecule has 2 rings (SSSR count). The smallest absolute Gasteiger partial charge is 0.230 e. The molecule has 0 aliphatic carbocycles. The highest BCUT2D eigenvalue weighted by molar-refractivity contribution is 7.99. The fourth-order valence-electron chi connectivity index (χ4n) is 2.48. The Hall–Kier alpha value is -1.36. The Kier molecular flexibility index (Phi) is 9.16. The van der Waals surface area contributed by atoms with Gasteiger partial charge in [-0.1, -0.05) is 47.5 Å². The number of thioether (sulfide) groups is 1. The second-order valence-corrected chi connectivity index (χ2v) is 7.49. The molecule has 26 heavy (non-hydrogen) atoms. The van der Waals surface area contributed by atoms with Crippen LogP contribution in [0.2, 0.25) is 10.0 Å². The molecule has 0 bridgehead atoms. The van der Waals surface area contributed by atoms with Crippen LogP contribution in [0.5, 0.6) is 5.75 Å². The van der Waals surface area contributed by atoms with E-state index in [0.717, 1.165) is 24.2 Å². The number of aryl methyl sites for hydroxylation is 1. The Labute approximate surface area is 169 Å². The van der Waals surface area contributed by atoms with Crippen LogP contribution in [-0.2, 0) is 17.0 Å². The van der Waals surface area contributed by atoms with Crippen LogP contribution in [0.1, 0.15) is 24.5 Å². The van der Waals surface area contributed by atoms with Crippen LogP contribution in [0.25, 0.3) is 0 Å². The molecular weight excluding hydrogens is 389 g/mol. The third kappa shape index (κ3) is 6.75. The van der Waals surface area contributed by atoms with Crippen molar-refractivity contribution in [2.75, 3.05) is 18.9 Å². The van der Waals surface area contributed by atoms with Gasteiger partial charge in [-0.05, 0) is 49.1 Å². The molecule has 0 atom stereocenters. The minimum Gasteiger partial charge on any atom is -0.494 e. The van der Waals surface area contributed by atoms with E-state index in [4.69, 9.17) is 27.9 Å². The van der Waals surface area contributed by atoms with E-state index in [1.54, 1.807) is 0 Å². The van der Waals surface area contributed by atoms with Crippen LogP contribution in [-0.4, -0.2) is 24.8 Å². The lowest BCUT2D eigenvalue weighted by Crippen LogP contribution is -2.26. The highest BCUT2D eigenvalue weighted by Gasteiger charge is 2.08. The molecule has 1 amide bonds. The molecule has 2 aromatic carbocycles. The average Bonchev–Trinajstić information content (AvgIpc) is 2.63. The summed E-state index contributed by atoms with van der Waals surface area (Å²) in [6.07, 6.45) is 1.75. The Balaban J connectivity index is 1.67. The van der Waals surface area contributed by atoms with Gasteiger partial charge in [0.15, 0.2) is 0 Å². The fraction of sp³-hybridized carbons (Fsp3) is 0.350. The first kappa shape index (κ1) is 20.9. The number of para-hydroxylation sites is 1. The summed E-state index contributed by atoms with van der Waals surface area (Å²) in [6.45, 7) is 3.28. The molecule has 2 aromatic rings. The molecular formula is C20H23Cl2NO2S. The normalized spacial score (nSPS) is 10.6. The number of amides is 1. The van der Waals surface area contributed by atoms with Crippen LogP contribution >= 0.6 is 35.0 Å². The van der Waals surface area contributed by atoms with E-state index in [9.17, 15) is 4.79 Å². The molecule has 1 N–H and O–H groups in total. The van der Waals surface area contributed by atoms with Gasteiger partial charge < -0.3 is 10.1 Å². The largest absolute Gasteiger partial charge is 0.494 e. The lowest BCUT2D eigenvalue weighted by Gasteiger charge is -2.10. The number of carbonyl (C=O) groups excluding carboxylic acids is 1. The molecule has 0 spiro atoms. The molecule has 0 fully saturated rings. The lowest BCUT2D eigenvalue weighted by molar-refractivity contribution is -0.118. The second-order valence-electron chi connectivity index (χ2n) is 5.69. The van der Waals surface area contributed by atoms with Gasteiger partial charge in [0, 0.05) is 22.3 Å². The first-order valence-electron chi connectivity index (χ1n) is 8.59. The van der Waals surface area contributed by atoms with Crippen molar-refractivity contribution in [1.29, 1.82) is 0 Å². The van der Waals surface area contributed by atoms with Crippen molar-refractivity contribution in [3.63, 3.8) is 0 Å². The maximum Gasteiger partial charge on any atom is 0.230 e. The van der Waals surface area contributed by atoms with Crippen LogP contribution < -0.4 is 10.1 Å². The molecule has 6 heteroatoms. The zero-order valence-electron chi connectivity index (χ0n) is 14.8. The van der Waals surface area contributed by atoms with Gasteiger partial charge >= 0.3 is 0 Å². The summed E-state index contributed by atoms with van der Waals surface area (Å²) in [5, 5.41) is 4.23. The number of ether oxygens (including phenoxy) is 1. The zero-order valence-corrected chi connectivity index (χ0v) is 17.1. The molecule has 0 saturated carbocycles. The summed E-state index contributed by atoms with van der Waals surface area (Å²) in [6, 6.07) is 13.5. The Morgan fingerprint density at radius 3 is 2.58 bits per heavy atom. The number of hydrogen-bond donors (Lipinski definition) is 1. The van der Waals surface area contributed by atoms with Crippen LogP contribution in [0.3, 0.4) is 0 Å². The summed E-state index contributed by atoms with van der Waals surface area (Å²) in [5.41, 5.74) is 2.05. The first-order chi connectivity index (χ1) is 12.6. The van der Waals surface area contributed by atoms with E-state index >= 15 is 0 Å². The monoisotopic (exact) mass is 411 g/mol. The minimum absolute atomic E-state index is 0.0243. The molecule has 0 saturated heterocycles. The number of benzene rings is 2. The lowest BCUT2D eigenvalue weighted by atomic mass is 10.1. The maximum atomic E-state index is 12.0. The summed E-state index contributed by atoms with van der Waals surface area (Å²) < 4.78 is 5.62. The number of nitrogens with one attached hydrogen (secondary N) is 1. The predicted molar refractivity (Wildman–Crippen MR) is 112 cm³/mol. The van der Waals surface area contributed by atoms with Gasteiger partial charge in [0.05, 0.1) is 12.4 Å². The van der Waals surface area contributed by atoms with Gasteiger partial charge in [0.25, 0.3) is 0 Å². The average molecular weight is 412 g/mol. The fourth-order valence-corrected chi connectivity index (χ4v) is 4.07. The van der Waals surface area contributed by atoms with Crippen molar-refractivity contribution in [3.05, 3.63) is 63.6 Å². The van der Waals surface area contributed by atoms with Crippen molar-refractivity contribution in [2.45, 2.75) is 25.5 Å². The van der Waals surface area contributed by atoms with Gasteiger partial charge in [0.2, 0.25) is 5.91 Å². The highest BCUT2D eigenvalue weighted by Crippen LogP contribution is 2.28. The summed E-state index contributed by atoms with van der Waals surface area (Å²) in [5.74, 6) is 1.95. The minimum atomic E-state index is 0.0243. The van der Waals surface area contributed by atoms with Gasteiger partial charge in [-0.15, -0.1) is 11.8 Å². The number of hydrogen-bond acceptors (Lipinski definition) is 3. The molecule has 0 aliphatic heterocycles. The third-order valence-corrected chi connectivity index (χ3v) is 5.43. The van der Waals surface area contributed by atoms with Gasteiger partial charge in [-0.3, -0.25) is 4.79 Å². The molecule has 140 valence electrons. The summed E-state index contributed by atoms with van der Waals surface area (Å²) in [7, 11) is 0. The summed E-state index contributed by atoms with van der Waals surface area (Å²) in [4.78, 5) is 12.0. The molecule has 0 unspecified atom stereocenters. The third-order valence-electron chi connectivity index (χ3n) is 3.76. The number of halogens is 2. The standard InChI is InChI=1S/C20H23Cl2NO2S/c1-2-25-19-11-4-3-7-15(19)8-6-12-23-20(24)14-26-13-16-17(21)9-5-10-18(16)22/h3-5,7,9-11H,2,6,8,12-14H2,1H3,(H,23,24). The molecule has 0 radical (unpaired) electrons. The van der Waals surface area contributed by atoms with Gasteiger partial charge in [-0.2, -0.15) is 0 Å². The van der Waals surface area contributed by atoms with E-state index in [0.29, 0.717) is 34.7 Å². The molecule has 3 nitrogen and oxygen atoms in total. The van der Waals surface area contributed by atoms with Crippen molar-refractivity contribution in [2.24, 2.45) is 0 Å².